The predicted octanol–water partition coefficient (Wildman–Crippen LogP) is 3.60. The largest absolute Gasteiger partial charge is 0.352 e. The number of benzene rings is 2. The second-order valence-electron chi connectivity index (χ2n) is 8.05. The summed E-state index contributed by atoms with van der Waals surface area (Å²) in [6.45, 7) is 0.572. The Balaban J connectivity index is 1.44. The smallest absolute Gasteiger partial charge is 0.255 e. The van der Waals surface area contributed by atoms with E-state index in [4.69, 9.17) is 0 Å². The summed E-state index contributed by atoms with van der Waals surface area (Å²) in [5.41, 5.74) is 1.58. The Labute approximate surface area is 176 Å². The summed E-state index contributed by atoms with van der Waals surface area (Å²) in [4.78, 5) is 40.0. The van der Waals surface area contributed by atoms with Gasteiger partial charge in [-0.3, -0.25) is 14.4 Å². The van der Waals surface area contributed by atoms with Gasteiger partial charge in [0.1, 0.15) is 6.04 Å². The van der Waals surface area contributed by atoms with Crippen molar-refractivity contribution < 1.29 is 14.4 Å². The van der Waals surface area contributed by atoms with E-state index in [0.29, 0.717) is 29.8 Å². The standard InChI is InChI=1S/C24H27N3O3/c28-22(17-8-2-1-3-9-17)26-20-13-6-10-18(16-20)24(30)27-15-7-14-21(27)23(29)25-19-11-4-5-12-19/h1-3,6,8-10,13,16,19,21H,4-5,7,11-12,14-15H2,(H,25,29)(H,26,28). The Morgan fingerprint density at radius 3 is 2.33 bits per heavy atom. The van der Waals surface area contributed by atoms with Crippen molar-refractivity contribution in [1.29, 1.82) is 0 Å². The van der Waals surface area contributed by atoms with Crippen LogP contribution in [0.3, 0.4) is 0 Å². The van der Waals surface area contributed by atoms with Crippen LogP contribution in [0.25, 0.3) is 0 Å². The number of nitrogens with zero attached hydrogens (tertiary/aromatic N) is 1. The lowest BCUT2D eigenvalue weighted by atomic mass is 10.1. The number of carbonyl (C=O) groups is 3. The number of likely N-dealkylation sites (tertiary alicyclic amines) is 1. The molecule has 0 radical (unpaired) electrons. The Bertz CT molecular complexity index is 922. The number of hydrogen-bond donors (Lipinski definition) is 2. The van der Waals surface area contributed by atoms with Crippen LogP contribution in [0, 0.1) is 0 Å². The zero-order valence-corrected chi connectivity index (χ0v) is 17.0. The maximum atomic E-state index is 13.1. The number of anilines is 1. The van der Waals surface area contributed by atoms with Gasteiger partial charge in [0, 0.05) is 29.4 Å². The molecule has 1 heterocycles. The molecule has 156 valence electrons. The molecule has 1 saturated heterocycles. The molecule has 1 unspecified atom stereocenters. The fraction of sp³-hybridized carbons (Fsp3) is 0.375. The minimum atomic E-state index is -0.416. The molecule has 0 bridgehead atoms. The molecule has 0 aromatic heterocycles. The topological polar surface area (TPSA) is 78.5 Å². The van der Waals surface area contributed by atoms with Crippen molar-refractivity contribution in [3.63, 3.8) is 0 Å². The number of amides is 3. The van der Waals surface area contributed by atoms with E-state index in [-0.39, 0.29) is 23.8 Å². The van der Waals surface area contributed by atoms with Crippen LogP contribution in [0.5, 0.6) is 0 Å². The third-order valence-corrected chi connectivity index (χ3v) is 5.92. The van der Waals surface area contributed by atoms with Crippen LogP contribution in [0.4, 0.5) is 5.69 Å². The lowest BCUT2D eigenvalue weighted by Crippen LogP contribution is -2.48. The van der Waals surface area contributed by atoms with E-state index in [0.717, 1.165) is 32.1 Å². The predicted molar refractivity (Wildman–Crippen MR) is 115 cm³/mol. The van der Waals surface area contributed by atoms with Gasteiger partial charge < -0.3 is 15.5 Å². The molecule has 0 spiro atoms. The van der Waals surface area contributed by atoms with Gasteiger partial charge in [-0.05, 0) is 56.0 Å². The zero-order valence-electron chi connectivity index (χ0n) is 17.0. The third-order valence-electron chi connectivity index (χ3n) is 5.92. The van der Waals surface area contributed by atoms with Gasteiger partial charge in [0.25, 0.3) is 11.8 Å². The van der Waals surface area contributed by atoms with Gasteiger partial charge in [-0.2, -0.15) is 0 Å². The van der Waals surface area contributed by atoms with E-state index in [1.54, 1.807) is 53.4 Å². The Morgan fingerprint density at radius 1 is 0.833 bits per heavy atom. The van der Waals surface area contributed by atoms with E-state index >= 15 is 0 Å². The Kier molecular flexibility index (Phi) is 6.12. The van der Waals surface area contributed by atoms with Crippen LogP contribution < -0.4 is 10.6 Å². The third kappa shape index (κ3) is 4.53. The SMILES string of the molecule is O=C(Nc1cccc(C(=O)N2CCCC2C(=O)NC2CCCC2)c1)c1ccccc1. The monoisotopic (exact) mass is 405 g/mol. The molecule has 3 amide bonds. The zero-order chi connectivity index (χ0) is 20.9. The minimum absolute atomic E-state index is 0.0405. The Hall–Kier alpha value is -3.15. The summed E-state index contributed by atoms with van der Waals surface area (Å²) in [6.07, 6.45) is 5.86. The summed E-state index contributed by atoms with van der Waals surface area (Å²) >= 11 is 0. The molecule has 1 atom stereocenters. The highest BCUT2D eigenvalue weighted by Gasteiger charge is 2.35. The summed E-state index contributed by atoms with van der Waals surface area (Å²) < 4.78 is 0. The van der Waals surface area contributed by atoms with Crippen molar-refractivity contribution in [2.24, 2.45) is 0 Å². The first kappa shape index (κ1) is 20.1. The summed E-state index contributed by atoms with van der Waals surface area (Å²) in [5, 5.41) is 5.96. The molecular weight excluding hydrogens is 378 g/mol. The maximum absolute atomic E-state index is 13.1. The van der Waals surface area contributed by atoms with Gasteiger partial charge in [0.15, 0.2) is 0 Å². The van der Waals surface area contributed by atoms with E-state index < -0.39 is 6.04 Å². The Morgan fingerprint density at radius 2 is 1.57 bits per heavy atom. The van der Waals surface area contributed by atoms with Crippen molar-refractivity contribution in [2.45, 2.75) is 50.6 Å². The molecule has 30 heavy (non-hydrogen) atoms. The van der Waals surface area contributed by atoms with Gasteiger partial charge in [-0.1, -0.05) is 37.1 Å². The lowest BCUT2D eigenvalue weighted by molar-refractivity contribution is -0.125. The van der Waals surface area contributed by atoms with Crippen LogP contribution in [0.2, 0.25) is 0 Å². The quantitative estimate of drug-likeness (QED) is 0.798. The normalized spacial score (nSPS) is 18.9. The summed E-state index contributed by atoms with van der Waals surface area (Å²) in [5.74, 6) is -0.439. The van der Waals surface area contributed by atoms with E-state index in [9.17, 15) is 14.4 Å². The first-order valence-electron chi connectivity index (χ1n) is 10.7. The van der Waals surface area contributed by atoms with E-state index in [1.807, 2.05) is 6.07 Å². The number of hydrogen-bond acceptors (Lipinski definition) is 3. The van der Waals surface area contributed by atoms with Crippen LogP contribution >= 0.6 is 0 Å². The van der Waals surface area contributed by atoms with Crippen molar-refractivity contribution in [2.75, 3.05) is 11.9 Å². The van der Waals surface area contributed by atoms with E-state index in [2.05, 4.69) is 10.6 Å². The maximum Gasteiger partial charge on any atom is 0.255 e. The molecule has 2 aliphatic rings. The van der Waals surface area contributed by atoms with E-state index in [1.165, 1.54) is 0 Å². The highest BCUT2D eigenvalue weighted by atomic mass is 16.2. The van der Waals surface area contributed by atoms with Crippen molar-refractivity contribution in [3.8, 4) is 0 Å². The lowest BCUT2D eigenvalue weighted by Gasteiger charge is -2.25. The molecule has 6 nitrogen and oxygen atoms in total. The molecule has 2 N–H and O–H groups in total. The van der Waals surface area contributed by atoms with Gasteiger partial charge in [-0.15, -0.1) is 0 Å². The first-order chi connectivity index (χ1) is 14.6. The second-order valence-corrected chi connectivity index (χ2v) is 8.05. The molecule has 1 aliphatic heterocycles. The number of nitrogens with one attached hydrogen (secondary N) is 2. The number of rotatable bonds is 5. The fourth-order valence-corrected chi connectivity index (χ4v) is 4.34. The highest BCUT2D eigenvalue weighted by Crippen LogP contribution is 2.24. The van der Waals surface area contributed by atoms with Crippen LogP contribution in [0.1, 0.15) is 59.2 Å². The van der Waals surface area contributed by atoms with Gasteiger partial charge in [0.2, 0.25) is 5.91 Å². The first-order valence-corrected chi connectivity index (χ1v) is 10.7. The fourth-order valence-electron chi connectivity index (χ4n) is 4.34. The van der Waals surface area contributed by atoms with Gasteiger partial charge in [-0.25, -0.2) is 0 Å². The van der Waals surface area contributed by atoms with Crippen molar-refractivity contribution in [3.05, 3.63) is 65.7 Å². The average Bonchev–Trinajstić information content (AvgIpc) is 3.46. The van der Waals surface area contributed by atoms with Crippen LogP contribution in [-0.2, 0) is 4.79 Å². The van der Waals surface area contributed by atoms with Gasteiger partial charge >= 0.3 is 0 Å². The summed E-state index contributed by atoms with van der Waals surface area (Å²) in [7, 11) is 0. The molecule has 1 saturated carbocycles. The molecule has 1 aliphatic carbocycles. The summed E-state index contributed by atoms with van der Waals surface area (Å²) in [6, 6.07) is 15.7. The molecule has 4 rings (SSSR count). The van der Waals surface area contributed by atoms with Crippen LogP contribution in [0.15, 0.2) is 54.6 Å². The van der Waals surface area contributed by atoms with Crippen molar-refractivity contribution in [1.82, 2.24) is 10.2 Å². The molecular formula is C24H27N3O3. The highest BCUT2D eigenvalue weighted by molar-refractivity contribution is 6.05. The molecule has 2 aromatic rings. The second kappa shape index (κ2) is 9.11. The number of carbonyl (C=O) groups excluding carboxylic acids is 3. The minimum Gasteiger partial charge on any atom is -0.352 e. The molecule has 2 fully saturated rings. The average molecular weight is 405 g/mol. The molecule has 2 aromatic carbocycles. The van der Waals surface area contributed by atoms with Gasteiger partial charge in [0.05, 0.1) is 0 Å². The van der Waals surface area contributed by atoms with Crippen LogP contribution in [-0.4, -0.2) is 41.2 Å². The van der Waals surface area contributed by atoms with Crippen molar-refractivity contribution >= 4 is 23.4 Å². The molecule has 6 heteroatoms.